The lowest BCUT2D eigenvalue weighted by Crippen LogP contribution is -3.14. The van der Waals surface area contributed by atoms with E-state index >= 15 is 0 Å². The number of fused-ring (bicyclic) bond motifs is 1. The fourth-order valence-corrected chi connectivity index (χ4v) is 4.47. The molecule has 0 spiro atoms. The second kappa shape index (κ2) is 13.8. The summed E-state index contributed by atoms with van der Waals surface area (Å²) in [5.41, 5.74) is 1.21. The van der Waals surface area contributed by atoms with Gasteiger partial charge in [0.2, 0.25) is 0 Å². The van der Waals surface area contributed by atoms with Crippen molar-refractivity contribution in [2.75, 3.05) is 46.1 Å². The van der Waals surface area contributed by atoms with E-state index in [0.717, 1.165) is 58.7 Å². The standard InChI is InChI=1S/C24H31NO4.C2H2O4/c26-24(29-16-12-25-10-14-27-15-11-25)21(18-22-8-4-13-28-22)17-20-7-3-6-19-5-1-2-9-23(19)20;3-1(4)2(5)6/h1-3,5-7,9,21-22H,4,8,10-18H2;(H,3,4)(H,5,6). The van der Waals surface area contributed by atoms with Crippen LogP contribution < -0.4 is 10.0 Å². The Labute approximate surface area is 204 Å². The van der Waals surface area contributed by atoms with E-state index in [9.17, 15) is 4.79 Å². The molecule has 0 aliphatic carbocycles. The van der Waals surface area contributed by atoms with Gasteiger partial charge in [0.15, 0.2) is 5.97 Å². The van der Waals surface area contributed by atoms with Crippen molar-refractivity contribution in [3.05, 3.63) is 48.0 Å². The SMILES string of the molecule is O=C(OCC[NH+]1CCOCC1)C(Cc1cccc2ccccc12)CC1CCCO1.O=C([O-])C(=O)O. The number of esters is 1. The van der Waals surface area contributed by atoms with Crippen molar-refractivity contribution >= 4 is 28.7 Å². The maximum absolute atomic E-state index is 13.0. The Balaban J connectivity index is 0.000000509. The summed E-state index contributed by atoms with van der Waals surface area (Å²) in [6.07, 6.45) is 3.74. The maximum atomic E-state index is 13.0. The fraction of sp³-hybridized carbons (Fsp3) is 0.500. The number of morpholine rings is 1. The zero-order valence-electron chi connectivity index (χ0n) is 19.8. The van der Waals surface area contributed by atoms with E-state index in [1.807, 2.05) is 0 Å². The summed E-state index contributed by atoms with van der Waals surface area (Å²) in [5, 5.41) is 18.8. The summed E-state index contributed by atoms with van der Waals surface area (Å²) in [4.78, 5) is 32.5. The summed E-state index contributed by atoms with van der Waals surface area (Å²) < 4.78 is 17.0. The number of hydrogen-bond acceptors (Lipinski definition) is 7. The molecule has 2 fully saturated rings. The Bertz CT molecular complexity index is 965. The predicted octanol–water partition coefficient (Wildman–Crippen LogP) is -0.153. The van der Waals surface area contributed by atoms with E-state index in [1.54, 1.807) is 0 Å². The smallest absolute Gasteiger partial charge is 0.351 e. The quantitative estimate of drug-likeness (QED) is 0.389. The highest BCUT2D eigenvalue weighted by molar-refractivity contribution is 6.26. The molecule has 2 unspecified atom stereocenters. The Morgan fingerprint density at radius 3 is 2.49 bits per heavy atom. The van der Waals surface area contributed by atoms with Gasteiger partial charge in [0.05, 0.1) is 25.2 Å². The molecule has 9 heteroatoms. The van der Waals surface area contributed by atoms with Crippen LogP contribution in [0.15, 0.2) is 42.5 Å². The average Bonchev–Trinajstić information content (AvgIpc) is 3.38. The first-order valence-corrected chi connectivity index (χ1v) is 12.0. The van der Waals surface area contributed by atoms with E-state index in [4.69, 9.17) is 34.0 Å². The van der Waals surface area contributed by atoms with Crippen molar-refractivity contribution in [3.8, 4) is 0 Å². The molecule has 2 aromatic rings. The highest BCUT2D eigenvalue weighted by Gasteiger charge is 2.28. The van der Waals surface area contributed by atoms with Crippen LogP contribution in [0.25, 0.3) is 10.8 Å². The van der Waals surface area contributed by atoms with Gasteiger partial charge in [-0.3, -0.25) is 4.79 Å². The molecular weight excluding hydrogens is 454 g/mol. The van der Waals surface area contributed by atoms with Gasteiger partial charge in [-0.05, 0) is 42.0 Å². The Kier molecular flexibility index (Phi) is 10.5. The lowest BCUT2D eigenvalue weighted by atomic mass is 9.90. The molecule has 2 saturated heterocycles. The largest absolute Gasteiger partial charge is 0.539 e. The maximum Gasteiger partial charge on any atom is 0.351 e. The summed E-state index contributed by atoms with van der Waals surface area (Å²) in [7, 11) is 0. The van der Waals surface area contributed by atoms with Gasteiger partial charge < -0.3 is 34.1 Å². The second-order valence-electron chi connectivity index (χ2n) is 8.78. The lowest BCUT2D eigenvalue weighted by Gasteiger charge is -2.24. The number of rotatable bonds is 8. The number of carbonyl (C=O) groups excluding carboxylic acids is 2. The third-order valence-corrected chi connectivity index (χ3v) is 6.33. The van der Waals surface area contributed by atoms with Crippen molar-refractivity contribution in [1.82, 2.24) is 0 Å². The predicted molar refractivity (Wildman–Crippen MR) is 125 cm³/mol. The van der Waals surface area contributed by atoms with Crippen LogP contribution >= 0.6 is 0 Å². The second-order valence-corrected chi connectivity index (χ2v) is 8.78. The molecule has 2 aliphatic rings. The van der Waals surface area contributed by atoms with Gasteiger partial charge in [0.1, 0.15) is 26.2 Å². The molecule has 2 aromatic carbocycles. The van der Waals surface area contributed by atoms with Crippen LogP contribution in [0.3, 0.4) is 0 Å². The molecule has 2 aliphatic heterocycles. The van der Waals surface area contributed by atoms with Gasteiger partial charge in [0.25, 0.3) is 0 Å². The minimum atomic E-state index is -2.07. The van der Waals surface area contributed by atoms with Crippen LogP contribution in [-0.4, -0.2) is 75.2 Å². The van der Waals surface area contributed by atoms with Crippen LogP contribution in [0.5, 0.6) is 0 Å². The lowest BCUT2D eigenvalue weighted by molar-refractivity contribution is -0.908. The molecule has 0 radical (unpaired) electrons. The summed E-state index contributed by atoms with van der Waals surface area (Å²) in [6.45, 7) is 5.72. The summed E-state index contributed by atoms with van der Waals surface area (Å²) in [6, 6.07) is 14.7. The first kappa shape index (κ1) is 26.6. The van der Waals surface area contributed by atoms with Gasteiger partial charge in [0, 0.05) is 6.61 Å². The zero-order valence-corrected chi connectivity index (χ0v) is 19.8. The molecule has 2 N–H and O–H groups in total. The van der Waals surface area contributed by atoms with Crippen LogP contribution in [0.2, 0.25) is 0 Å². The van der Waals surface area contributed by atoms with Crippen LogP contribution in [0.1, 0.15) is 24.8 Å². The number of nitrogens with one attached hydrogen (secondary N) is 1. The molecule has 0 aromatic heterocycles. The van der Waals surface area contributed by atoms with Gasteiger partial charge in [-0.15, -0.1) is 0 Å². The van der Waals surface area contributed by atoms with Crippen molar-refractivity contribution in [1.29, 1.82) is 0 Å². The third kappa shape index (κ3) is 8.61. The van der Waals surface area contributed by atoms with Crippen molar-refractivity contribution in [2.45, 2.75) is 31.8 Å². The number of carboxylic acids is 2. The zero-order chi connectivity index (χ0) is 25.0. The number of hydrogen-bond donors (Lipinski definition) is 2. The van der Waals surface area contributed by atoms with E-state index in [0.29, 0.717) is 13.0 Å². The molecule has 0 bridgehead atoms. The highest BCUT2D eigenvalue weighted by Crippen LogP contribution is 2.27. The minimum absolute atomic E-state index is 0.0823. The van der Waals surface area contributed by atoms with E-state index in [2.05, 4.69) is 42.5 Å². The topological polar surface area (TPSA) is 127 Å². The first-order valence-electron chi connectivity index (χ1n) is 12.0. The summed E-state index contributed by atoms with van der Waals surface area (Å²) in [5.74, 6) is -4.25. The average molecular weight is 488 g/mol. The molecule has 0 saturated carbocycles. The number of quaternary nitrogens is 1. The van der Waals surface area contributed by atoms with Crippen molar-refractivity contribution in [2.24, 2.45) is 5.92 Å². The van der Waals surface area contributed by atoms with Crippen LogP contribution in [0.4, 0.5) is 0 Å². The number of carbonyl (C=O) groups is 3. The molecular formula is C26H33NO8. The number of aliphatic carboxylic acids is 2. The first-order chi connectivity index (χ1) is 16.9. The molecule has 4 rings (SSSR count). The van der Waals surface area contributed by atoms with E-state index in [-0.39, 0.29) is 18.0 Å². The molecule has 2 atom stereocenters. The number of ether oxygens (including phenoxy) is 3. The number of carboxylic acid groups (broad SMARTS) is 2. The molecule has 190 valence electrons. The third-order valence-electron chi connectivity index (χ3n) is 6.33. The van der Waals surface area contributed by atoms with Crippen LogP contribution in [0, 0.1) is 5.92 Å². The Morgan fingerprint density at radius 2 is 1.80 bits per heavy atom. The Hall–Kier alpha value is -3.01. The highest BCUT2D eigenvalue weighted by atomic mass is 16.5. The fourth-order valence-electron chi connectivity index (χ4n) is 4.47. The van der Waals surface area contributed by atoms with Crippen molar-refractivity contribution < 1.29 is 43.7 Å². The van der Waals surface area contributed by atoms with Crippen LogP contribution in [-0.2, 0) is 35.0 Å². The molecule has 2 heterocycles. The van der Waals surface area contributed by atoms with Gasteiger partial charge >= 0.3 is 11.9 Å². The number of benzene rings is 2. The molecule has 0 amide bonds. The summed E-state index contributed by atoms with van der Waals surface area (Å²) >= 11 is 0. The van der Waals surface area contributed by atoms with Gasteiger partial charge in [-0.25, -0.2) is 4.79 Å². The Morgan fingerprint density at radius 1 is 1.09 bits per heavy atom. The van der Waals surface area contributed by atoms with Gasteiger partial charge in [-0.1, -0.05) is 42.5 Å². The molecule has 9 nitrogen and oxygen atoms in total. The van der Waals surface area contributed by atoms with E-state index < -0.39 is 11.9 Å². The minimum Gasteiger partial charge on any atom is -0.539 e. The van der Waals surface area contributed by atoms with E-state index in [1.165, 1.54) is 21.2 Å². The monoisotopic (exact) mass is 487 g/mol. The van der Waals surface area contributed by atoms with Crippen molar-refractivity contribution in [3.63, 3.8) is 0 Å². The molecule has 35 heavy (non-hydrogen) atoms. The van der Waals surface area contributed by atoms with Gasteiger partial charge in [-0.2, -0.15) is 0 Å². The normalized spacial score (nSPS) is 18.9.